The van der Waals surface area contributed by atoms with Crippen molar-refractivity contribution in [2.45, 2.75) is 33.3 Å². The SMILES string of the molecule is CCNCC(C)(O)C=C(C)C. The minimum absolute atomic E-state index is 0.620. The maximum absolute atomic E-state index is 9.68. The molecule has 0 aromatic carbocycles. The standard InChI is InChI=1S/C9H19NO/c1-5-10-7-9(4,11)6-8(2)3/h6,10-11H,5,7H2,1-4H3. The van der Waals surface area contributed by atoms with Gasteiger partial charge in [-0.25, -0.2) is 0 Å². The van der Waals surface area contributed by atoms with E-state index in [1.165, 1.54) is 0 Å². The molecular formula is C9H19NO. The molecule has 11 heavy (non-hydrogen) atoms. The Balaban J connectivity index is 3.90. The highest BCUT2D eigenvalue weighted by atomic mass is 16.3. The molecule has 0 saturated heterocycles. The topological polar surface area (TPSA) is 32.3 Å². The van der Waals surface area contributed by atoms with Gasteiger partial charge in [0.05, 0.1) is 5.60 Å². The molecule has 0 aliphatic carbocycles. The van der Waals surface area contributed by atoms with Crippen molar-refractivity contribution in [1.29, 1.82) is 0 Å². The van der Waals surface area contributed by atoms with Crippen molar-refractivity contribution >= 4 is 0 Å². The first-order valence-electron chi connectivity index (χ1n) is 4.07. The number of rotatable bonds is 4. The molecule has 66 valence electrons. The molecule has 2 nitrogen and oxygen atoms in total. The Bertz CT molecular complexity index is 134. The predicted molar refractivity (Wildman–Crippen MR) is 48.6 cm³/mol. The van der Waals surface area contributed by atoms with Crippen LogP contribution in [0.2, 0.25) is 0 Å². The van der Waals surface area contributed by atoms with E-state index in [1.54, 1.807) is 0 Å². The smallest absolute Gasteiger partial charge is 0.0925 e. The summed E-state index contributed by atoms with van der Waals surface area (Å²) < 4.78 is 0. The molecule has 0 rings (SSSR count). The number of nitrogens with one attached hydrogen (secondary N) is 1. The van der Waals surface area contributed by atoms with Crippen LogP contribution in [0.4, 0.5) is 0 Å². The van der Waals surface area contributed by atoms with Crippen LogP contribution in [-0.4, -0.2) is 23.8 Å². The van der Waals surface area contributed by atoms with Gasteiger partial charge in [-0.1, -0.05) is 18.6 Å². The van der Waals surface area contributed by atoms with Crippen LogP contribution in [0.25, 0.3) is 0 Å². The second-order valence-electron chi connectivity index (χ2n) is 3.36. The Morgan fingerprint density at radius 2 is 2.09 bits per heavy atom. The first-order chi connectivity index (χ1) is 4.98. The first-order valence-corrected chi connectivity index (χ1v) is 4.07. The van der Waals surface area contributed by atoms with E-state index in [4.69, 9.17) is 0 Å². The average Bonchev–Trinajstić information content (AvgIpc) is 1.81. The number of aliphatic hydroxyl groups is 1. The van der Waals surface area contributed by atoms with E-state index in [2.05, 4.69) is 5.32 Å². The Morgan fingerprint density at radius 1 is 1.55 bits per heavy atom. The third kappa shape index (κ3) is 6.07. The van der Waals surface area contributed by atoms with Crippen molar-refractivity contribution in [2.24, 2.45) is 0 Å². The molecule has 0 aromatic heterocycles. The minimum atomic E-state index is -0.700. The fraction of sp³-hybridized carbons (Fsp3) is 0.778. The molecule has 0 saturated carbocycles. The maximum Gasteiger partial charge on any atom is 0.0925 e. The molecule has 0 spiro atoms. The molecule has 0 heterocycles. The molecule has 1 atom stereocenters. The van der Waals surface area contributed by atoms with Gasteiger partial charge in [-0.15, -0.1) is 0 Å². The third-order valence-corrected chi connectivity index (χ3v) is 1.33. The maximum atomic E-state index is 9.68. The van der Waals surface area contributed by atoms with Crippen LogP contribution in [0.1, 0.15) is 27.7 Å². The van der Waals surface area contributed by atoms with Crippen LogP contribution in [0.15, 0.2) is 11.6 Å². The lowest BCUT2D eigenvalue weighted by Crippen LogP contribution is -2.36. The van der Waals surface area contributed by atoms with Crippen molar-refractivity contribution in [3.8, 4) is 0 Å². The summed E-state index contributed by atoms with van der Waals surface area (Å²) in [6.45, 7) is 9.32. The molecular weight excluding hydrogens is 138 g/mol. The van der Waals surface area contributed by atoms with Gasteiger partial charge in [0.1, 0.15) is 0 Å². The van der Waals surface area contributed by atoms with E-state index < -0.39 is 5.60 Å². The Labute approximate surface area is 69.3 Å². The van der Waals surface area contributed by atoms with E-state index in [1.807, 2.05) is 33.8 Å². The van der Waals surface area contributed by atoms with E-state index in [-0.39, 0.29) is 0 Å². The van der Waals surface area contributed by atoms with Crippen molar-refractivity contribution in [3.05, 3.63) is 11.6 Å². The van der Waals surface area contributed by atoms with E-state index >= 15 is 0 Å². The van der Waals surface area contributed by atoms with Gasteiger partial charge in [0.2, 0.25) is 0 Å². The lowest BCUT2D eigenvalue weighted by atomic mass is 10.0. The van der Waals surface area contributed by atoms with Gasteiger partial charge in [-0.2, -0.15) is 0 Å². The first kappa shape index (κ1) is 10.7. The van der Waals surface area contributed by atoms with Gasteiger partial charge in [-0.05, 0) is 27.3 Å². The highest BCUT2D eigenvalue weighted by molar-refractivity contribution is 5.05. The van der Waals surface area contributed by atoms with Crippen LogP contribution in [0, 0.1) is 0 Å². The molecule has 0 aliphatic rings. The normalized spacial score (nSPS) is 15.7. The van der Waals surface area contributed by atoms with Crippen molar-refractivity contribution < 1.29 is 5.11 Å². The molecule has 0 fully saturated rings. The molecule has 0 bridgehead atoms. The lowest BCUT2D eigenvalue weighted by molar-refractivity contribution is 0.110. The second kappa shape index (κ2) is 4.52. The van der Waals surface area contributed by atoms with E-state index in [0.29, 0.717) is 6.54 Å². The zero-order valence-electron chi connectivity index (χ0n) is 7.94. The Kier molecular flexibility index (Phi) is 4.38. The number of likely N-dealkylation sites (N-methyl/N-ethyl adjacent to an activating group) is 1. The highest BCUT2D eigenvalue weighted by Gasteiger charge is 2.14. The van der Waals surface area contributed by atoms with Crippen LogP contribution in [0.5, 0.6) is 0 Å². The zero-order valence-corrected chi connectivity index (χ0v) is 7.94. The molecule has 0 aromatic rings. The van der Waals surface area contributed by atoms with Crippen LogP contribution in [0.3, 0.4) is 0 Å². The summed E-state index contributed by atoms with van der Waals surface area (Å²) in [6.07, 6.45) is 1.87. The summed E-state index contributed by atoms with van der Waals surface area (Å²) in [5.74, 6) is 0. The minimum Gasteiger partial charge on any atom is -0.385 e. The van der Waals surface area contributed by atoms with Crippen LogP contribution >= 0.6 is 0 Å². The molecule has 2 heteroatoms. The molecule has 0 radical (unpaired) electrons. The number of hydrogen-bond acceptors (Lipinski definition) is 2. The van der Waals surface area contributed by atoms with Gasteiger partial charge in [-0.3, -0.25) is 0 Å². The lowest BCUT2D eigenvalue weighted by Gasteiger charge is -2.19. The third-order valence-electron chi connectivity index (χ3n) is 1.33. The van der Waals surface area contributed by atoms with Crippen molar-refractivity contribution in [2.75, 3.05) is 13.1 Å². The van der Waals surface area contributed by atoms with Crippen molar-refractivity contribution in [1.82, 2.24) is 5.32 Å². The zero-order chi connectivity index (χ0) is 8.91. The molecule has 0 aliphatic heterocycles. The average molecular weight is 157 g/mol. The summed E-state index contributed by atoms with van der Waals surface area (Å²) in [6, 6.07) is 0. The van der Waals surface area contributed by atoms with Gasteiger partial charge in [0.15, 0.2) is 0 Å². The number of allylic oxidation sites excluding steroid dienone is 1. The largest absolute Gasteiger partial charge is 0.385 e. The van der Waals surface area contributed by atoms with Crippen LogP contribution in [-0.2, 0) is 0 Å². The Hall–Kier alpha value is -0.340. The van der Waals surface area contributed by atoms with Gasteiger partial charge in [0, 0.05) is 6.54 Å². The van der Waals surface area contributed by atoms with Gasteiger partial charge < -0.3 is 10.4 Å². The fourth-order valence-corrected chi connectivity index (χ4v) is 1.05. The monoisotopic (exact) mass is 157 g/mol. The molecule has 1 unspecified atom stereocenters. The van der Waals surface area contributed by atoms with Crippen LogP contribution < -0.4 is 5.32 Å². The summed E-state index contributed by atoms with van der Waals surface area (Å²) in [5, 5.41) is 12.8. The van der Waals surface area contributed by atoms with E-state index in [9.17, 15) is 5.11 Å². The summed E-state index contributed by atoms with van der Waals surface area (Å²) in [5.41, 5.74) is 0.447. The fourth-order valence-electron chi connectivity index (χ4n) is 1.05. The number of hydrogen-bond donors (Lipinski definition) is 2. The quantitative estimate of drug-likeness (QED) is 0.603. The van der Waals surface area contributed by atoms with Gasteiger partial charge in [0.25, 0.3) is 0 Å². The predicted octanol–water partition coefficient (Wildman–Crippen LogP) is 1.31. The summed E-state index contributed by atoms with van der Waals surface area (Å²) >= 11 is 0. The highest BCUT2D eigenvalue weighted by Crippen LogP contribution is 2.06. The summed E-state index contributed by atoms with van der Waals surface area (Å²) in [7, 11) is 0. The molecule has 0 amide bonds. The van der Waals surface area contributed by atoms with Crippen molar-refractivity contribution in [3.63, 3.8) is 0 Å². The second-order valence-corrected chi connectivity index (χ2v) is 3.36. The molecule has 2 N–H and O–H groups in total. The van der Waals surface area contributed by atoms with E-state index in [0.717, 1.165) is 12.1 Å². The summed E-state index contributed by atoms with van der Waals surface area (Å²) in [4.78, 5) is 0. The Morgan fingerprint density at radius 3 is 2.45 bits per heavy atom. The van der Waals surface area contributed by atoms with Gasteiger partial charge >= 0.3 is 0 Å².